The summed E-state index contributed by atoms with van der Waals surface area (Å²) in [6, 6.07) is 0. The first-order chi connectivity index (χ1) is 9.72. The second-order valence-electron chi connectivity index (χ2n) is 6.77. The van der Waals surface area contributed by atoms with Crippen LogP contribution in [0.2, 0.25) is 0 Å². The first-order valence-electron chi connectivity index (χ1n) is 7.65. The fraction of sp³-hybridized carbons (Fsp3) is 0.938. The van der Waals surface area contributed by atoms with E-state index in [1.807, 2.05) is 0 Å². The van der Waals surface area contributed by atoms with E-state index in [2.05, 4.69) is 33.0 Å². The number of ether oxygens (including phenoxy) is 3. The molecule has 1 N–H and O–H groups in total. The highest BCUT2D eigenvalue weighted by molar-refractivity contribution is 5.71. The van der Waals surface area contributed by atoms with Crippen LogP contribution in [0.25, 0.3) is 0 Å². The van der Waals surface area contributed by atoms with Crippen LogP contribution in [0.5, 0.6) is 0 Å². The number of hydrogen-bond donors (Lipinski definition) is 1. The standard InChI is InChI=1S/C16H33NO4/c1-15(2,9-10-19-6)7-8-16(3,4)21-12-11-20-14(18)13-17-5/h17H,7-13H2,1-6H3. The highest BCUT2D eigenvalue weighted by atomic mass is 16.6. The zero-order valence-electron chi connectivity index (χ0n) is 14.6. The van der Waals surface area contributed by atoms with Crippen LogP contribution in [0.4, 0.5) is 0 Å². The van der Waals surface area contributed by atoms with E-state index in [1.165, 1.54) is 0 Å². The van der Waals surface area contributed by atoms with Crippen LogP contribution < -0.4 is 5.32 Å². The van der Waals surface area contributed by atoms with E-state index in [0.29, 0.717) is 13.2 Å². The van der Waals surface area contributed by atoms with Gasteiger partial charge in [0, 0.05) is 13.7 Å². The van der Waals surface area contributed by atoms with Gasteiger partial charge in [-0.05, 0) is 45.6 Å². The molecule has 5 heteroatoms. The summed E-state index contributed by atoms with van der Waals surface area (Å²) in [7, 11) is 3.45. The molecule has 21 heavy (non-hydrogen) atoms. The zero-order chi connectivity index (χ0) is 16.4. The molecule has 0 amide bonds. The summed E-state index contributed by atoms with van der Waals surface area (Å²) in [5, 5.41) is 2.75. The van der Waals surface area contributed by atoms with Crippen molar-refractivity contribution in [2.75, 3.05) is 40.5 Å². The number of esters is 1. The molecule has 0 aliphatic rings. The molecule has 0 aliphatic heterocycles. The molecule has 0 fully saturated rings. The van der Waals surface area contributed by atoms with Crippen LogP contribution in [0.1, 0.15) is 47.0 Å². The highest BCUT2D eigenvalue weighted by Crippen LogP contribution is 2.31. The minimum absolute atomic E-state index is 0.209. The second-order valence-corrected chi connectivity index (χ2v) is 6.77. The monoisotopic (exact) mass is 303 g/mol. The summed E-state index contributed by atoms with van der Waals surface area (Å²) in [6.07, 6.45) is 3.08. The van der Waals surface area contributed by atoms with Crippen LogP contribution in [0.3, 0.4) is 0 Å². The number of carbonyl (C=O) groups is 1. The Balaban J connectivity index is 3.89. The molecule has 0 aromatic heterocycles. The Bertz CT molecular complexity index is 290. The first kappa shape index (κ1) is 20.3. The largest absolute Gasteiger partial charge is 0.462 e. The molecule has 0 aromatic carbocycles. The number of nitrogens with one attached hydrogen (secondary N) is 1. The lowest BCUT2D eigenvalue weighted by molar-refractivity contribution is -0.146. The van der Waals surface area contributed by atoms with Gasteiger partial charge in [0.05, 0.1) is 18.8 Å². The van der Waals surface area contributed by atoms with Crippen molar-refractivity contribution >= 4 is 5.97 Å². The van der Waals surface area contributed by atoms with Crippen LogP contribution >= 0.6 is 0 Å². The molecule has 0 rings (SSSR count). The van der Waals surface area contributed by atoms with Gasteiger partial charge in [-0.25, -0.2) is 0 Å². The third-order valence-corrected chi connectivity index (χ3v) is 3.55. The van der Waals surface area contributed by atoms with Crippen molar-refractivity contribution in [1.82, 2.24) is 5.32 Å². The average molecular weight is 303 g/mol. The maximum absolute atomic E-state index is 11.2. The van der Waals surface area contributed by atoms with Crippen molar-refractivity contribution in [3.63, 3.8) is 0 Å². The molecule has 0 saturated heterocycles. The SMILES string of the molecule is CNCC(=O)OCCOC(C)(C)CCC(C)(C)CCOC. The number of rotatable bonds is 12. The second kappa shape index (κ2) is 10.1. The van der Waals surface area contributed by atoms with Gasteiger partial charge in [0.25, 0.3) is 0 Å². The van der Waals surface area contributed by atoms with E-state index in [-0.39, 0.29) is 23.5 Å². The van der Waals surface area contributed by atoms with E-state index >= 15 is 0 Å². The molecule has 0 atom stereocenters. The molecule has 0 unspecified atom stereocenters. The van der Waals surface area contributed by atoms with Crippen LogP contribution in [0.15, 0.2) is 0 Å². The minimum atomic E-state index is -0.250. The lowest BCUT2D eigenvalue weighted by atomic mass is 9.81. The van der Waals surface area contributed by atoms with Gasteiger partial charge < -0.3 is 19.5 Å². The zero-order valence-corrected chi connectivity index (χ0v) is 14.6. The van der Waals surface area contributed by atoms with Crippen molar-refractivity contribution in [2.45, 2.75) is 52.6 Å². The van der Waals surface area contributed by atoms with Crippen LogP contribution in [-0.4, -0.2) is 52.1 Å². The predicted molar refractivity (Wildman–Crippen MR) is 84.4 cm³/mol. The lowest BCUT2D eigenvalue weighted by Crippen LogP contribution is -2.30. The summed E-state index contributed by atoms with van der Waals surface area (Å²) >= 11 is 0. The van der Waals surface area contributed by atoms with E-state index in [4.69, 9.17) is 14.2 Å². The smallest absolute Gasteiger partial charge is 0.319 e. The molecule has 0 radical (unpaired) electrons. The Hall–Kier alpha value is -0.650. The summed E-state index contributed by atoms with van der Waals surface area (Å²) in [6.45, 7) is 10.4. The summed E-state index contributed by atoms with van der Waals surface area (Å²) in [5.41, 5.74) is 0.0374. The minimum Gasteiger partial charge on any atom is -0.462 e. The Labute approximate surface area is 129 Å². The summed E-state index contributed by atoms with van der Waals surface area (Å²) < 4.78 is 16.0. The van der Waals surface area contributed by atoms with E-state index in [9.17, 15) is 4.79 Å². The summed E-state index contributed by atoms with van der Waals surface area (Å²) in [4.78, 5) is 11.2. The molecular weight excluding hydrogens is 270 g/mol. The fourth-order valence-electron chi connectivity index (χ4n) is 1.88. The lowest BCUT2D eigenvalue weighted by Gasteiger charge is -2.31. The van der Waals surface area contributed by atoms with Crippen LogP contribution in [0, 0.1) is 5.41 Å². The molecule has 0 aromatic rings. The van der Waals surface area contributed by atoms with Gasteiger partial charge in [-0.15, -0.1) is 0 Å². The van der Waals surface area contributed by atoms with Crippen molar-refractivity contribution in [1.29, 1.82) is 0 Å². The molecular formula is C16H33NO4. The molecule has 0 spiro atoms. The molecule has 126 valence electrons. The van der Waals surface area contributed by atoms with E-state index < -0.39 is 0 Å². The molecule has 0 heterocycles. The number of methoxy groups -OCH3 is 1. The van der Waals surface area contributed by atoms with Gasteiger partial charge in [0.2, 0.25) is 0 Å². The Morgan fingerprint density at radius 3 is 2.24 bits per heavy atom. The fourth-order valence-corrected chi connectivity index (χ4v) is 1.88. The Kier molecular flexibility index (Phi) is 9.83. The Morgan fingerprint density at radius 2 is 1.67 bits per heavy atom. The van der Waals surface area contributed by atoms with Crippen molar-refractivity contribution in [3.8, 4) is 0 Å². The van der Waals surface area contributed by atoms with Crippen molar-refractivity contribution in [2.24, 2.45) is 5.41 Å². The molecule has 0 saturated carbocycles. The normalized spacial score (nSPS) is 12.5. The van der Waals surface area contributed by atoms with Gasteiger partial charge in [-0.2, -0.15) is 0 Å². The topological polar surface area (TPSA) is 56.8 Å². The average Bonchev–Trinajstić information content (AvgIpc) is 2.40. The quantitative estimate of drug-likeness (QED) is 0.443. The third kappa shape index (κ3) is 11.7. The molecule has 0 bridgehead atoms. The van der Waals surface area contributed by atoms with Gasteiger partial charge >= 0.3 is 5.97 Å². The van der Waals surface area contributed by atoms with Gasteiger partial charge in [-0.3, -0.25) is 4.79 Å². The number of likely N-dealkylation sites (N-methyl/N-ethyl adjacent to an activating group) is 1. The van der Waals surface area contributed by atoms with Gasteiger partial charge in [-0.1, -0.05) is 13.8 Å². The summed E-state index contributed by atoms with van der Waals surface area (Å²) in [5.74, 6) is -0.250. The number of hydrogen-bond acceptors (Lipinski definition) is 5. The maximum atomic E-state index is 11.2. The van der Waals surface area contributed by atoms with E-state index in [0.717, 1.165) is 25.9 Å². The highest BCUT2D eigenvalue weighted by Gasteiger charge is 2.24. The first-order valence-corrected chi connectivity index (χ1v) is 7.65. The molecule has 0 aliphatic carbocycles. The van der Waals surface area contributed by atoms with Gasteiger partial charge in [0.15, 0.2) is 0 Å². The molecule has 5 nitrogen and oxygen atoms in total. The van der Waals surface area contributed by atoms with E-state index in [1.54, 1.807) is 14.2 Å². The van der Waals surface area contributed by atoms with Crippen molar-refractivity contribution in [3.05, 3.63) is 0 Å². The van der Waals surface area contributed by atoms with Crippen LogP contribution in [-0.2, 0) is 19.0 Å². The van der Waals surface area contributed by atoms with Gasteiger partial charge in [0.1, 0.15) is 6.61 Å². The maximum Gasteiger partial charge on any atom is 0.319 e. The number of carbonyl (C=O) groups excluding carboxylic acids is 1. The third-order valence-electron chi connectivity index (χ3n) is 3.55. The predicted octanol–water partition coefficient (Wildman–Crippen LogP) is 2.39. The van der Waals surface area contributed by atoms with Crippen molar-refractivity contribution < 1.29 is 19.0 Å². The Morgan fingerprint density at radius 1 is 1.00 bits per heavy atom.